The van der Waals surface area contributed by atoms with Gasteiger partial charge in [-0.3, -0.25) is 0 Å². The first-order valence-electron chi connectivity index (χ1n) is 12.4. The maximum Gasteiger partial charge on any atom is 0.102 e. The summed E-state index contributed by atoms with van der Waals surface area (Å²) in [7, 11) is 4.68. The van der Waals surface area contributed by atoms with Crippen molar-refractivity contribution in [2.24, 2.45) is 33.5 Å². The van der Waals surface area contributed by atoms with E-state index in [1.807, 2.05) is 0 Å². The molecule has 0 saturated heterocycles. The van der Waals surface area contributed by atoms with Crippen LogP contribution in [-0.2, 0) is 9.47 Å². The molecule has 4 rings (SSSR count). The molecule has 3 nitrogen and oxygen atoms in total. The number of hydrogen-bond donors (Lipinski definition) is 0. The fourth-order valence-corrected chi connectivity index (χ4v) is 7.76. The zero-order valence-corrected chi connectivity index (χ0v) is 20.6. The van der Waals surface area contributed by atoms with Crippen LogP contribution in [0, 0.1) is 33.5 Å². The van der Waals surface area contributed by atoms with Crippen LogP contribution >= 0.6 is 0 Å². The topological polar surface area (TPSA) is 18.5 Å². The van der Waals surface area contributed by atoms with E-state index in [9.17, 15) is 0 Å². The third kappa shape index (κ3) is 3.24. The van der Waals surface area contributed by atoms with Crippen molar-refractivity contribution in [2.75, 3.05) is 40.4 Å². The lowest BCUT2D eigenvalue weighted by Gasteiger charge is -2.40. The smallest absolute Gasteiger partial charge is 0.102 e. The van der Waals surface area contributed by atoms with Gasteiger partial charge >= 0.3 is 0 Å². The quantitative estimate of drug-likeness (QED) is 0.494. The van der Waals surface area contributed by atoms with E-state index in [0.29, 0.717) is 33.9 Å². The molecule has 4 aliphatic rings. The van der Waals surface area contributed by atoms with Gasteiger partial charge in [0.15, 0.2) is 0 Å². The van der Waals surface area contributed by atoms with E-state index in [4.69, 9.17) is 9.47 Å². The molecule has 168 valence electrons. The van der Waals surface area contributed by atoms with Crippen molar-refractivity contribution in [3.05, 3.63) is 0 Å². The van der Waals surface area contributed by atoms with E-state index in [0.717, 1.165) is 42.6 Å². The highest BCUT2D eigenvalue weighted by molar-refractivity contribution is 5.12. The Balaban J connectivity index is 1.21. The van der Waals surface area contributed by atoms with E-state index >= 15 is 0 Å². The lowest BCUT2D eigenvalue weighted by atomic mass is 9.70. The Morgan fingerprint density at radius 2 is 1.07 bits per heavy atom. The average Bonchev–Trinajstić information content (AvgIpc) is 3.13. The number of fused-ring (bicyclic) bond motifs is 4. The predicted octanol–water partition coefficient (Wildman–Crippen LogP) is 5.53. The summed E-state index contributed by atoms with van der Waals surface area (Å²) in [6.07, 6.45) is 8.97. The summed E-state index contributed by atoms with van der Waals surface area (Å²) < 4.78 is 14.0. The van der Waals surface area contributed by atoms with Crippen molar-refractivity contribution < 1.29 is 14.0 Å². The Kier molecular flexibility index (Phi) is 5.28. The predicted molar refractivity (Wildman–Crippen MR) is 120 cm³/mol. The summed E-state index contributed by atoms with van der Waals surface area (Å²) >= 11 is 0. The molecule has 4 aliphatic carbocycles. The zero-order chi connectivity index (χ0) is 21.3. The number of ether oxygens (including phenoxy) is 2. The van der Waals surface area contributed by atoms with Crippen molar-refractivity contribution in [3.63, 3.8) is 0 Å². The third-order valence-corrected chi connectivity index (χ3v) is 11.5. The molecule has 0 aromatic rings. The number of hydrogen-bond acceptors (Lipinski definition) is 2. The molecule has 29 heavy (non-hydrogen) atoms. The van der Waals surface area contributed by atoms with Gasteiger partial charge in [0, 0.05) is 0 Å². The van der Waals surface area contributed by atoms with E-state index in [1.54, 1.807) is 0 Å². The summed E-state index contributed by atoms with van der Waals surface area (Å²) in [5.74, 6) is 1.72. The first kappa shape index (κ1) is 22.1. The normalized spacial score (nSPS) is 44.7. The number of likely N-dealkylation sites (N-methyl/N-ethyl adjacent to an activating group) is 1. The number of rotatable bonds is 8. The van der Waals surface area contributed by atoms with Crippen molar-refractivity contribution in [2.45, 2.75) is 92.3 Å². The van der Waals surface area contributed by atoms with Crippen LogP contribution in [0.25, 0.3) is 0 Å². The summed E-state index contributed by atoms with van der Waals surface area (Å²) in [6.45, 7) is 18.8. The third-order valence-electron chi connectivity index (χ3n) is 11.5. The van der Waals surface area contributed by atoms with Crippen LogP contribution in [0.15, 0.2) is 0 Å². The van der Waals surface area contributed by atoms with Gasteiger partial charge in [0.2, 0.25) is 0 Å². The molecular weight excluding hydrogens is 358 g/mol. The molecule has 4 bridgehead atoms. The molecule has 0 spiro atoms. The minimum absolute atomic E-state index is 0.377. The fraction of sp³-hybridized carbons (Fsp3) is 1.00. The van der Waals surface area contributed by atoms with Crippen LogP contribution < -0.4 is 0 Å². The highest BCUT2D eigenvalue weighted by atomic mass is 16.5. The van der Waals surface area contributed by atoms with Crippen molar-refractivity contribution >= 4 is 0 Å². The fourth-order valence-electron chi connectivity index (χ4n) is 7.76. The molecule has 0 aromatic carbocycles. The van der Waals surface area contributed by atoms with Crippen molar-refractivity contribution in [1.82, 2.24) is 0 Å². The van der Waals surface area contributed by atoms with Gasteiger partial charge in [0.05, 0.1) is 39.5 Å². The number of nitrogens with zero attached hydrogens (tertiary/aromatic N) is 1. The molecule has 0 amide bonds. The van der Waals surface area contributed by atoms with Gasteiger partial charge in [-0.1, -0.05) is 41.5 Å². The Labute approximate surface area is 180 Å². The largest absolute Gasteiger partial charge is 0.372 e. The molecule has 0 aromatic heterocycles. The molecule has 3 heteroatoms. The maximum absolute atomic E-state index is 6.52. The maximum atomic E-state index is 6.52. The van der Waals surface area contributed by atoms with E-state index < -0.39 is 0 Å². The first-order chi connectivity index (χ1) is 13.3. The summed E-state index contributed by atoms with van der Waals surface area (Å²) in [5.41, 5.74) is 1.64. The Morgan fingerprint density at radius 1 is 0.690 bits per heavy atom. The molecule has 0 aliphatic heterocycles. The second kappa shape index (κ2) is 6.94. The SMILES string of the molecule is CC1(C)[C@@H]2CC[C@]1(C)[C@@H](OCC[N+](C)(C)CCO[C@@H]1C[C@@H]3CC[C@@]1(C)C3(C)C)C2. The molecule has 6 atom stereocenters. The molecule has 0 N–H and O–H groups in total. The highest BCUT2D eigenvalue weighted by Crippen LogP contribution is 2.67. The molecule has 4 saturated carbocycles. The van der Waals surface area contributed by atoms with Crippen LogP contribution in [0.4, 0.5) is 0 Å². The Morgan fingerprint density at radius 3 is 1.34 bits per heavy atom. The van der Waals surface area contributed by atoms with Crippen molar-refractivity contribution in [3.8, 4) is 0 Å². The van der Waals surface area contributed by atoms with E-state index in [-0.39, 0.29) is 0 Å². The minimum Gasteiger partial charge on any atom is -0.372 e. The second-order valence-electron chi connectivity index (χ2n) is 13.3. The van der Waals surface area contributed by atoms with Gasteiger partial charge in [-0.25, -0.2) is 0 Å². The van der Waals surface area contributed by atoms with Gasteiger partial charge in [0.1, 0.15) is 13.1 Å². The van der Waals surface area contributed by atoms with Crippen molar-refractivity contribution in [1.29, 1.82) is 0 Å². The summed E-state index contributed by atoms with van der Waals surface area (Å²) in [4.78, 5) is 0. The van der Waals surface area contributed by atoms with E-state index in [2.05, 4.69) is 55.6 Å². The van der Waals surface area contributed by atoms with Gasteiger partial charge in [-0.2, -0.15) is 0 Å². The molecule has 0 heterocycles. The molecule has 4 fully saturated rings. The van der Waals surface area contributed by atoms with E-state index in [1.165, 1.54) is 38.5 Å². The van der Waals surface area contributed by atoms with Gasteiger partial charge < -0.3 is 14.0 Å². The Hall–Kier alpha value is -0.120. The van der Waals surface area contributed by atoms with Gasteiger partial charge in [-0.15, -0.1) is 0 Å². The Bertz CT molecular complexity index is 574. The highest BCUT2D eigenvalue weighted by Gasteiger charge is 2.62. The van der Waals surface area contributed by atoms with Crippen LogP contribution in [0.1, 0.15) is 80.1 Å². The minimum atomic E-state index is 0.377. The molecular formula is C26H48NO2+. The van der Waals surface area contributed by atoms with Gasteiger partial charge in [-0.05, 0) is 72.0 Å². The van der Waals surface area contributed by atoms with Crippen LogP contribution in [0.2, 0.25) is 0 Å². The molecule has 0 unspecified atom stereocenters. The van der Waals surface area contributed by atoms with Crippen LogP contribution in [0.5, 0.6) is 0 Å². The van der Waals surface area contributed by atoms with Crippen LogP contribution in [0.3, 0.4) is 0 Å². The van der Waals surface area contributed by atoms with Crippen LogP contribution in [-0.4, -0.2) is 57.1 Å². The van der Waals surface area contributed by atoms with Gasteiger partial charge in [0.25, 0.3) is 0 Å². The second-order valence-corrected chi connectivity index (χ2v) is 13.3. The lowest BCUT2D eigenvalue weighted by molar-refractivity contribution is -0.891. The lowest BCUT2D eigenvalue weighted by Crippen LogP contribution is -2.47. The zero-order valence-electron chi connectivity index (χ0n) is 20.6. The average molecular weight is 407 g/mol. The summed E-state index contributed by atoms with van der Waals surface area (Å²) in [5, 5.41) is 0. The monoisotopic (exact) mass is 406 g/mol. The standard InChI is InChI=1S/C26H48NO2/c1-23(2)19-9-11-25(23,5)21(17-19)28-15-13-27(7,8)14-16-29-22-18-20-10-12-26(22,6)24(20,3)4/h19-22H,9-18H2,1-8H3/q+1/t19-,20+,21+,22-,25-,26-/m1/s1. The number of quaternary nitrogens is 1. The summed E-state index contributed by atoms with van der Waals surface area (Å²) in [6, 6.07) is 0. The first-order valence-corrected chi connectivity index (χ1v) is 12.4. The molecule has 0 radical (unpaired) electrons.